The Balaban J connectivity index is 1.96. The number of aliphatic hydroxyl groups is 2. The molecule has 0 aliphatic rings. The van der Waals surface area contributed by atoms with Gasteiger partial charge in [-0.15, -0.1) is 0 Å². The molecule has 0 aliphatic carbocycles. The normalized spacial score (nSPS) is 13.2. The van der Waals surface area contributed by atoms with Gasteiger partial charge < -0.3 is 20.6 Å². The monoisotopic (exact) mass is 509 g/mol. The van der Waals surface area contributed by atoms with Crippen molar-refractivity contribution in [3.8, 4) is 5.69 Å². The zero-order valence-corrected chi connectivity index (χ0v) is 21.1. The Morgan fingerprint density at radius 2 is 1.73 bits per heavy atom. The molecule has 2 atom stereocenters. The summed E-state index contributed by atoms with van der Waals surface area (Å²) in [6.07, 6.45) is -0.00523. The minimum atomic E-state index is -1.22. The van der Waals surface area contributed by atoms with E-state index in [-0.39, 0.29) is 23.9 Å². The van der Waals surface area contributed by atoms with Gasteiger partial charge in [0.05, 0.1) is 30.0 Å². The number of carbonyl (C=O) groups excluding carboxylic acids is 1. The van der Waals surface area contributed by atoms with Crippen LogP contribution in [0.5, 0.6) is 0 Å². The van der Waals surface area contributed by atoms with Gasteiger partial charge in [0.2, 0.25) is 0 Å². The second-order valence-corrected chi connectivity index (χ2v) is 9.27. The number of carboxylic acid groups (broad SMARTS) is 1. The molecule has 0 saturated carbocycles. The number of aliphatic carboxylic acids is 1. The lowest BCUT2D eigenvalue weighted by molar-refractivity contribution is -0.139. The number of aliphatic hydroxyl groups excluding tert-OH is 2. The Morgan fingerprint density at radius 1 is 1.08 bits per heavy atom. The number of nitrogens with zero attached hydrogens (tertiary/aromatic N) is 2. The van der Waals surface area contributed by atoms with Crippen molar-refractivity contribution in [2.24, 2.45) is 0 Å². The largest absolute Gasteiger partial charge is 0.481 e. The molecule has 1 aromatic heterocycles. The molecule has 3 rings (SSSR count). The molecule has 0 bridgehead atoms. The Labute approximate surface area is 215 Å². The zero-order valence-electron chi connectivity index (χ0n) is 21.1. The standard InChI is InChI=1S/C28H32FN3O5/c1-17(2)26-24(13-12-22(33)14-23(34)15-25(35)36)32(21-10-8-20(29)9-11-21)31-27(26)28(37)30-16-19-6-4-18(3)5-7-19/h4-13,17,22-23,33-34H,14-16H2,1-3H3,(H,30,37)(H,35,36)/b13-12+/t22-,23-/m1/s1. The second kappa shape index (κ2) is 12.4. The third-order valence-corrected chi connectivity index (χ3v) is 5.80. The van der Waals surface area contributed by atoms with Gasteiger partial charge >= 0.3 is 5.97 Å². The number of nitrogens with one attached hydrogen (secondary N) is 1. The molecule has 0 fully saturated rings. The number of hydrogen-bond acceptors (Lipinski definition) is 5. The van der Waals surface area contributed by atoms with Gasteiger partial charge in [0.1, 0.15) is 5.82 Å². The number of aromatic nitrogens is 2. The van der Waals surface area contributed by atoms with E-state index in [9.17, 15) is 24.2 Å². The van der Waals surface area contributed by atoms with Crippen molar-refractivity contribution in [1.82, 2.24) is 15.1 Å². The lowest BCUT2D eigenvalue weighted by Crippen LogP contribution is -2.24. The van der Waals surface area contributed by atoms with Crippen molar-refractivity contribution < 1.29 is 29.3 Å². The summed E-state index contributed by atoms with van der Waals surface area (Å²) in [4.78, 5) is 24.0. The fourth-order valence-corrected chi connectivity index (χ4v) is 3.94. The van der Waals surface area contributed by atoms with Crippen LogP contribution in [0.25, 0.3) is 11.8 Å². The van der Waals surface area contributed by atoms with E-state index in [4.69, 9.17) is 5.11 Å². The highest BCUT2D eigenvalue weighted by Crippen LogP contribution is 2.28. The van der Waals surface area contributed by atoms with E-state index in [1.807, 2.05) is 45.0 Å². The quantitative estimate of drug-likeness (QED) is 0.310. The van der Waals surface area contributed by atoms with Gasteiger partial charge in [0, 0.05) is 18.5 Å². The number of aryl methyl sites for hydroxylation is 1. The summed E-state index contributed by atoms with van der Waals surface area (Å²) in [5, 5.41) is 36.5. The number of benzene rings is 2. The number of rotatable bonds is 11. The van der Waals surface area contributed by atoms with Crippen LogP contribution in [-0.2, 0) is 11.3 Å². The first-order chi connectivity index (χ1) is 17.5. The number of halogens is 1. The molecule has 0 saturated heterocycles. The summed E-state index contributed by atoms with van der Waals surface area (Å²) >= 11 is 0. The molecule has 2 aromatic carbocycles. The number of amides is 1. The molecule has 0 radical (unpaired) electrons. The Morgan fingerprint density at radius 3 is 2.32 bits per heavy atom. The van der Waals surface area contributed by atoms with Crippen molar-refractivity contribution in [2.75, 3.05) is 0 Å². The molecule has 1 amide bonds. The summed E-state index contributed by atoms with van der Waals surface area (Å²) in [6, 6.07) is 13.4. The number of hydrogen-bond donors (Lipinski definition) is 4. The molecule has 0 spiro atoms. The summed E-state index contributed by atoms with van der Waals surface area (Å²) in [6.45, 7) is 6.12. The third kappa shape index (κ3) is 7.58. The fourth-order valence-electron chi connectivity index (χ4n) is 3.94. The SMILES string of the molecule is Cc1ccc(CNC(=O)c2nn(-c3ccc(F)cc3)c(/C=C/[C@@H](O)C[C@@H](O)CC(=O)O)c2C(C)C)cc1. The highest BCUT2D eigenvalue weighted by molar-refractivity contribution is 5.95. The smallest absolute Gasteiger partial charge is 0.305 e. The predicted octanol–water partition coefficient (Wildman–Crippen LogP) is 3.97. The van der Waals surface area contributed by atoms with E-state index < -0.39 is 30.4 Å². The van der Waals surface area contributed by atoms with Crippen molar-refractivity contribution in [3.05, 3.63) is 88.5 Å². The molecule has 8 nitrogen and oxygen atoms in total. The van der Waals surface area contributed by atoms with Gasteiger partial charge in [-0.2, -0.15) is 5.10 Å². The van der Waals surface area contributed by atoms with Gasteiger partial charge in [0.15, 0.2) is 5.69 Å². The van der Waals surface area contributed by atoms with Gasteiger partial charge in [-0.1, -0.05) is 49.8 Å². The molecular formula is C28H32FN3O5. The first-order valence-corrected chi connectivity index (χ1v) is 12.0. The molecule has 0 unspecified atom stereocenters. The molecule has 1 heterocycles. The lowest BCUT2D eigenvalue weighted by Gasteiger charge is -2.12. The minimum absolute atomic E-state index is 0.135. The minimum Gasteiger partial charge on any atom is -0.481 e. The zero-order chi connectivity index (χ0) is 27.1. The first-order valence-electron chi connectivity index (χ1n) is 12.0. The van der Waals surface area contributed by atoms with Crippen LogP contribution in [0, 0.1) is 12.7 Å². The highest BCUT2D eigenvalue weighted by Gasteiger charge is 2.25. The Kier molecular flexibility index (Phi) is 9.32. The average molecular weight is 510 g/mol. The summed E-state index contributed by atoms with van der Waals surface area (Å²) in [5.41, 5.74) is 3.90. The van der Waals surface area contributed by atoms with Crippen molar-refractivity contribution in [3.63, 3.8) is 0 Å². The van der Waals surface area contributed by atoms with Crippen LogP contribution in [0.4, 0.5) is 4.39 Å². The van der Waals surface area contributed by atoms with E-state index in [0.717, 1.165) is 11.1 Å². The van der Waals surface area contributed by atoms with E-state index in [2.05, 4.69) is 10.4 Å². The van der Waals surface area contributed by atoms with Crippen LogP contribution in [0.15, 0.2) is 54.6 Å². The highest BCUT2D eigenvalue weighted by atomic mass is 19.1. The van der Waals surface area contributed by atoms with Crippen LogP contribution in [0.1, 0.15) is 65.5 Å². The van der Waals surface area contributed by atoms with Crippen LogP contribution in [0.3, 0.4) is 0 Å². The molecule has 3 aromatic rings. The Bertz CT molecular complexity index is 1250. The summed E-state index contributed by atoms with van der Waals surface area (Å²) in [7, 11) is 0. The topological polar surface area (TPSA) is 125 Å². The van der Waals surface area contributed by atoms with Gasteiger partial charge in [-0.25, -0.2) is 9.07 Å². The van der Waals surface area contributed by atoms with Gasteiger partial charge in [-0.3, -0.25) is 9.59 Å². The van der Waals surface area contributed by atoms with Gasteiger partial charge in [0.25, 0.3) is 5.91 Å². The molecule has 9 heteroatoms. The maximum atomic E-state index is 13.6. The Hall–Kier alpha value is -3.82. The first kappa shape index (κ1) is 27.8. The second-order valence-electron chi connectivity index (χ2n) is 9.27. The fraction of sp³-hybridized carbons (Fsp3) is 0.321. The van der Waals surface area contributed by atoms with Crippen molar-refractivity contribution in [1.29, 1.82) is 0 Å². The molecule has 196 valence electrons. The van der Waals surface area contributed by atoms with E-state index >= 15 is 0 Å². The summed E-state index contributed by atoms with van der Waals surface area (Å²) in [5.74, 6) is -2.10. The maximum absolute atomic E-state index is 13.6. The molecule has 4 N–H and O–H groups in total. The van der Waals surface area contributed by atoms with E-state index in [0.29, 0.717) is 23.5 Å². The average Bonchev–Trinajstić information content (AvgIpc) is 3.22. The predicted molar refractivity (Wildman–Crippen MR) is 138 cm³/mol. The van der Waals surface area contributed by atoms with Crippen LogP contribution < -0.4 is 5.32 Å². The van der Waals surface area contributed by atoms with Crippen LogP contribution in [0.2, 0.25) is 0 Å². The maximum Gasteiger partial charge on any atom is 0.305 e. The molecular weight excluding hydrogens is 477 g/mol. The van der Waals surface area contributed by atoms with Crippen molar-refractivity contribution >= 4 is 18.0 Å². The number of carboxylic acids is 1. The summed E-state index contributed by atoms with van der Waals surface area (Å²) < 4.78 is 15.1. The van der Waals surface area contributed by atoms with Crippen LogP contribution in [-0.4, -0.2) is 49.2 Å². The lowest BCUT2D eigenvalue weighted by atomic mass is 9.98. The van der Waals surface area contributed by atoms with Crippen molar-refractivity contribution in [2.45, 2.75) is 58.3 Å². The number of carbonyl (C=O) groups is 2. The van der Waals surface area contributed by atoms with Gasteiger partial charge in [-0.05, 0) is 48.7 Å². The third-order valence-electron chi connectivity index (χ3n) is 5.80. The van der Waals surface area contributed by atoms with E-state index in [1.54, 1.807) is 6.08 Å². The molecule has 37 heavy (non-hydrogen) atoms. The molecule has 0 aliphatic heterocycles. The van der Waals surface area contributed by atoms with Crippen LogP contribution >= 0.6 is 0 Å². The van der Waals surface area contributed by atoms with E-state index in [1.165, 1.54) is 35.0 Å².